The van der Waals surface area contributed by atoms with Crippen molar-refractivity contribution in [1.29, 1.82) is 0 Å². The molecule has 0 saturated carbocycles. The average Bonchev–Trinajstić information content (AvgIpc) is 4.00. The van der Waals surface area contributed by atoms with Gasteiger partial charge in [-0.2, -0.15) is 26.3 Å². The van der Waals surface area contributed by atoms with Crippen LogP contribution in [0.15, 0.2) is 131 Å². The molecule has 69 heavy (non-hydrogen) atoms. The van der Waals surface area contributed by atoms with Gasteiger partial charge in [0, 0.05) is 22.5 Å². The van der Waals surface area contributed by atoms with Crippen molar-refractivity contribution in [2.24, 2.45) is 10.4 Å². The van der Waals surface area contributed by atoms with E-state index < -0.39 is 42.2 Å². The lowest BCUT2D eigenvalue weighted by molar-refractivity contribution is -0.143. The first kappa shape index (κ1) is 49.5. The number of alkyl halides is 6. The Morgan fingerprint density at radius 1 is 0.565 bits per heavy atom. The Bertz CT molecular complexity index is 2970. The summed E-state index contributed by atoms with van der Waals surface area (Å²) in [6, 6.07) is 27.1. The van der Waals surface area contributed by atoms with Gasteiger partial charge < -0.3 is 13.8 Å². The summed E-state index contributed by atoms with van der Waals surface area (Å²) >= 11 is 0. The van der Waals surface area contributed by atoms with E-state index in [4.69, 9.17) is 14.3 Å². The molecule has 0 amide bonds. The SMILES string of the molecule is C/C(=C1/N=C(C2=CC=C(C(C)(C)C)CC2)C=C1c1ccc(C(C)(C)C)cc1)c1c(-c2ccc(C(C)(C)C)cc2)cc(-c2ccc(C(C)(C)C)cc2)n1B1Oc2cc(C(F)(F)F)cc(C(F)(F)F)c2O1. The van der Waals surface area contributed by atoms with Crippen LogP contribution in [0.2, 0.25) is 0 Å². The topological polar surface area (TPSA) is 35.8 Å². The van der Waals surface area contributed by atoms with Crippen LogP contribution >= 0.6 is 0 Å². The van der Waals surface area contributed by atoms with Gasteiger partial charge in [0.1, 0.15) is 11.3 Å². The second kappa shape index (κ2) is 17.2. The van der Waals surface area contributed by atoms with E-state index in [1.807, 2.05) is 49.4 Å². The minimum atomic E-state index is -5.19. The summed E-state index contributed by atoms with van der Waals surface area (Å²) in [5, 5.41) is 0. The van der Waals surface area contributed by atoms with Gasteiger partial charge in [-0.25, -0.2) is 4.99 Å². The molecule has 0 N–H and O–H groups in total. The fourth-order valence-corrected chi connectivity index (χ4v) is 9.21. The van der Waals surface area contributed by atoms with Gasteiger partial charge >= 0.3 is 19.6 Å². The van der Waals surface area contributed by atoms with Gasteiger partial charge in [-0.05, 0) is 110 Å². The number of aliphatic imine (C=N–C) groups is 1. The van der Waals surface area contributed by atoms with E-state index in [9.17, 15) is 26.3 Å². The van der Waals surface area contributed by atoms with Crippen LogP contribution in [0.3, 0.4) is 0 Å². The highest BCUT2D eigenvalue weighted by molar-refractivity contribution is 6.47. The van der Waals surface area contributed by atoms with Crippen molar-refractivity contribution in [3.63, 3.8) is 0 Å². The third-order valence-corrected chi connectivity index (χ3v) is 13.5. The first-order valence-electron chi connectivity index (χ1n) is 23.6. The third-order valence-electron chi connectivity index (χ3n) is 13.5. The Morgan fingerprint density at radius 3 is 1.55 bits per heavy atom. The highest BCUT2D eigenvalue weighted by atomic mass is 19.4. The second-order valence-electron chi connectivity index (χ2n) is 22.7. The standard InChI is InChI=1S/C58H61BF6N2O2/c1-34(50-44(35-14-22-39(23-15-35)53(2,3)4)32-47(66-50)37-18-26-41(27-19-37)55(8,9)10)51-45(36-16-24-40(25-17-36)54(5,6)7)33-48(38-20-28-42(29-21-38)56(11,12)13)67(51)59-68-49-31-43(57(60,61)62)30-46(52(49)69-59)58(63,64)65/h14-18,20-26,28-33H,19,27H2,1-13H3/b50-34-. The van der Waals surface area contributed by atoms with E-state index in [0.29, 0.717) is 39.9 Å². The summed E-state index contributed by atoms with van der Waals surface area (Å²) in [4.78, 5) is 5.44. The molecule has 4 aromatic carbocycles. The molecular formula is C58H61BF6N2O2. The molecule has 8 rings (SSSR count). The molecule has 0 unspecified atom stereocenters. The Balaban J connectivity index is 1.44. The molecule has 3 aliphatic rings. The third kappa shape index (κ3) is 9.93. The smallest absolute Gasteiger partial charge is 0.503 e. The summed E-state index contributed by atoms with van der Waals surface area (Å²) in [5.41, 5.74) is 9.25. The van der Waals surface area contributed by atoms with Gasteiger partial charge in [-0.15, -0.1) is 0 Å². The van der Waals surface area contributed by atoms with Crippen molar-refractivity contribution in [3.8, 4) is 33.9 Å². The fraction of sp³-hybridized carbons (Fsp3) is 0.362. The molecule has 1 aliphatic carbocycles. The molecule has 0 saturated heterocycles. The number of aromatic nitrogens is 1. The molecule has 0 radical (unpaired) electrons. The average molecular weight is 943 g/mol. The van der Waals surface area contributed by atoms with E-state index in [-0.39, 0.29) is 27.7 Å². The summed E-state index contributed by atoms with van der Waals surface area (Å²) < 4.78 is 101. The van der Waals surface area contributed by atoms with Gasteiger partial charge in [-0.3, -0.25) is 0 Å². The van der Waals surface area contributed by atoms with Gasteiger partial charge in [0.05, 0.1) is 17.0 Å². The summed E-state index contributed by atoms with van der Waals surface area (Å²) in [6.07, 6.45) is -2.19. The van der Waals surface area contributed by atoms with E-state index in [1.54, 1.807) is 4.48 Å². The van der Waals surface area contributed by atoms with Crippen LogP contribution in [0.25, 0.3) is 33.5 Å². The zero-order chi connectivity index (χ0) is 50.4. The number of halogens is 6. The molecule has 1 aromatic heterocycles. The molecule has 0 fully saturated rings. The maximum atomic E-state index is 14.8. The second-order valence-corrected chi connectivity index (χ2v) is 22.7. The Morgan fingerprint density at radius 2 is 1.09 bits per heavy atom. The lowest BCUT2D eigenvalue weighted by atomic mass is 9.80. The first-order valence-corrected chi connectivity index (χ1v) is 23.6. The van der Waals surface area contributed by atoms with Crippen molar-refractivity contribution >= 4 is 24.1 Å². The number of allylic oxidation sites excluding steroid dienone is 7. The normalized spacial score (nSPS) is 16.7. The molecule has 0 atom stereocenters. The quantitative estimate of drug-likeness (QED) is 0.126. The number of hydrogen-bond donors (Lipinski definition) is 0. The van der Waals surface area contributed by atoms with Crippen LogP contribution < -0.4 is 9.31 Å². The molecule has 5 aromatic rings. The monoisotopic (exact) mass is 942 g/mol. The summed E-state index contributed by atoms with van der Waals surface area (Å²) in [6.45, 7) is 27.7. The number of hydrogen-bond acceptors (Lipinski definition) is 3. The Labute approximate surface area is 403 Å². The molecule has 11 heteroatoms. The van der Waals surface area contributed by atoms with Crippen LogP contribution in [-0.4, -0.2) is 17.4 Å². The molecule has 0 bridgehead atoms. The van der Waals surface area contributed by atoms with E-state index in [0.717, 1.165) is 57.5 Å². The van der Waals surface area contributed by atoms with Gasteiger partial charge in [0.15, 0.2) is 5.75 Å². The largest absolute Gasteiger partial charge is 0.743 e. The maximum Gasteiger partial charge on any atom is 0.743 e. The minimum absolute atomic E-state index is 0.00779. The maximum absolute atomic E-state index is 14.8. The lowest BCUT2D eigenvalue weighted by Gasteiger charge is -2.25. The molecular weight excluding hydrogens is 881 g/mol. The van der Waals surface area contributed by atoms with Crippen molar-refractivity contribution in [1.82, 2.24) is 4.48 Å². The highest BCUT2D eigenvalue weighted by Crippen LogP contribution is 2.51. The summed E-state index contributed by atoms with van der Waals surface area (Å²) in [7, 11) is -1.67. The minimum Gasteiger partial charge on any atom is -0.503 e. The Kier molecular flexibility index (Phi) is 12.3. The van der Waals surface area contributed by atoms with E-state index >= 15 is 0 Å². The Hall–Kier alpha value is -5.97. The highest BCUT2D eigenvalue weighted by Gasteiger charge is 2.48. The number of nitrogens with zero attached hydrogens (tertiary/aromatic N) is 2. The zero-order valence-electron chi connectivity index (χ0n) is 41.9. The molecule has 0 spiro atoms. The molecule has 360 valence electrons. The van der Waals surface area contributed by atoms with Crippen molar-refractivity contribution in [2.75, 3.05) is 0 Å². The summed E-state index contributed by atoms with van der Waals surface area (Å²) in [5.74, 6) is -1.48. The van der Waals surface area contributed by atoms with Gasteiger partial charge in [0.25, 0.3) is 0 Å². The van der Waals surface area contributed by atoms with Crippen molar-refractivity contribution in [2.45, 2.75) is 131 Å². The molecule has 2 aliphatic heterocycles. The van der Waals surface area contributed by atoms with Crippen molar-refractivity contribution in [3.05, 3.63) is 165 Å². The predicted molar refractivity (Wildman–Crippen MR) is 270 cm³/mol. The van der Waals surface area contributed by atoms with Crippen LogP contribution in [0.5, 0.6) is 11.5 Å². The number of rotatable bonds is 6. The van der Waals surface area contributed by atoms with Gasteiger partial charge in [0.2, 0.25) is 0 Å². The van der Waals surface area contributed by atoms with Crippen LogP contribution in [0.4, 0.5) is 26.3 Å². The van der Waals surface area contributed by atoms with E-state index in [2.05, 4.69) is 138 Å². The van der Waals surface area contributed by atoms with E-state index in [1.165, 1.54) is 5.57 Å². The van der Waals surface area contributed by atoms with Crippen LogP contribution in [0.1, 0.15) is 142 Å². The van der Waals surface area contributed by atoms with Gasteiger partial charge in [-0.1, -0.05) is 174 Å². The van der Waals surface area contributed by atoms with Crippen LogP contribution in [0, 0.1) is 5.41 Å². The predicted octanol–water partition coefficient (Wildman–Crippen LogP) is 17.0. The number of fused-ring (bicyclic) bond motifs is 1. The van der Waals surface area contributed by atoms with Crippen LogP contribution in [-0.2, 0) is 28.6 Å². The zero-order valence-corrected chi connectivity index (χ0v) is 41.9. The lowest BCUT2D eigenvalue weighted by Crippen LogP contribution is -2.36. The number of benzene rings is 4. The first-order chi connectivity index (χ1) is 31.9. The fourth-order valence-electron chi connectivity index (χ4n) is 9.21. The van der Waals surface area contributed by atoms with Crippen molar-refractivity contribution < 1.29 is 35.7 Å². The molecule has 4 nitrogen and oxygen atoms in total. The molecule has 3 heterocycles.